The van der Waals surface area contributed by atoms with Gasteiger partial charge in [0.2, 0.25) is 0 Å². The molecular weight excluding hydrogens is 458 g/mol. The molecule has 35 heavy (non-hydrogen) atoms. The molecule has 0 aliphatic carbocycles. The number of hydrogen-bond acceptors (Lipinski definition) is 6. The second kappa shape index (κ2) is 10.8. The average molecular weight is 488 g/mol. The maximum atomic E-state index is 13.0. The largest absolute Gasteiger partial charge is 0.377 e. The molecule has 5 rings (SSSR count). The lowest BCUT2D eigenvalue weighted by Crippen LogP contribution is -2.23. The Morgan fingerprint density at radius 1 is 1.14 bits per heavy atom. The summed E-state index contributed by atoms with van der Waals surface area (Å²) in [6.45, 7) is 4.98. The highest BCUT2D eigenvalue weighted by Crippen LogP contribution is 2.37. The van der Waals surface area contributed by atoms with Crippen LogP contribution in [0.2, 0.25) is 0 Å². The zero-order chi connectivity index (χ0) is 24.0. The molecule has 1 amide bonds. The van der Waals surface area contributed by atoms with Crippen molar-refractivity contribution in [3.63, 3.8) is 0 Å². The number of carbonyl (C=O) groups is 1. The Labute approximate surface area is 209 Å². The molecule has 1 N–H and O–H groups in total. The summed E-state index contributed by atoms with van der Waals surface area (Å²) in [6.07, 6.45) is 7.60. The van der Waals surface area contributed by atoms with E-state index in [-0.39, 0.29) is 11.9 Å². The fourth-order valence-corrected chi connectivity index (χ4v) is 5.24. The Morgan fingerprint density at radius 3 is 2.77 bits per heavy atom. The van der Waals surface area contributed by atoms with Crippen LogP contribution >= 0.6 is 11.3 Å². The number of benzene rings is 1. The van der Waals surface area contributed by atoms with Crippen LogP contribution in [-0.4, -0.2) is 33.6 Å². The van der Waals surface area contributed by atoms with Crippen molar-refractivity contribution in [2.75, 3.05) is 23.4 Å². The lowest BCUT2D eigenvalue weighted by atomic mass is 10.1. The van der Waals surface area contributed by atoms with Crippen LogP contribution in [0.25, 0.3) is 0 Å². The van der Waals surface area contributed by atoms with Gasteiger partial charge in [-0.3, -0.25) is 15.1 Å². The van der Waals surface area contributed by atoms with Crippen molar-refractivity contribution in [3.8, 4) is 0 Å². The summed E-state index contributed by atoms with van der Waals surface area (Å²) in [5, 5.41) is 5.69. The molecule has 4 aromatic rings. The summed E-state index contributed by atoms with van der Waals surface area (Å²) in [5.74, 6) is -0.155. The highest BCUT2D eigenvalue weighted by molar-refractivity contribution is 7.14. The molecule has 180 valence electrons. The Kier molecular flexibility index (Phi) is 7.20. The van der Waals surface area contributed by atoms with Gasteiger partial charge in [0.15, 0.2) is 5.13 Å². The fraction of sp³-hybridized carbons (Fsp3) is 0.296. The van der Waals surface area contributed by atoms with Gasteiger partial charge >= 0.3 is 0 Å². The van der Waals surface area contributed by atoms with E-state index in [2.05, 4.69) is 44.8 Å². The normalized spacial score (nSPS) is 15.5. The van der Waals surface area contributed by atoms with Gasteiger partial charge in [-0.1, -0.05) is 12.1 Å². The number of anilines is 2. The molecule has 1 aliphatic rings. The Morgan fingerprint density at radius 2 is 1.97 bits per heavy atom. The highest BCUT2D eigenvalue weighted by Gasteiger charge is 2.28. The third kappa shape index (κ3) is 5.44. The number of rotatable bonds is 9. The van der Waals surface area contributed by atoms with Crippen molar-refractivity contribution in [2.45, 2.75) is 39.0 Å². The molecule has 1 saturated heterocycles. The summed E-state index contributed by atoms with van der Waals surface area (Å²) in [5.41, 5.74) is 5.08. The lowest BCUT2D eigenvalue weighted by Gasteiger charge is -2.25. The predicted molar refractivity (Wildman–Crippen MR) is 139 cm³/mol. The van der Waals surface area contributed by atoms with Gasteiger partial charge in [-0.2, -0.15) is 0 Å². The molecule has 7 nitrogen and oxygen atoms in total. The molecule has 4 heterocycles. The van der Waals surface area contributed by atoms with E-state index in [0.717, 1.165) is 37.3 Å². The fourth-order valence-electron chi connectivity index (χ4n) is 4.49. The molecular formula is C27H29N5O2S. The number of ether oxygens (including phenoxy) is 1. The molecule has 0 unspecified atom stereocenters. The van der Waals surface area contributed by atoms with E-state index in [0.29, 0.717) is 24.0 Å². The minimum Gasteiger partial charge on any atom is -0.377 e. The number of pyridine rings is 1. The molecule has 0 radical (unpaired) electrons. The number of carbonyl (C=O) groups excluding carboxylic acids is 1. The van der Waals surface area contributed by atoms with E-state index in [4.69, 9.17) is 9.72 Å². The molecule has 8 heteroatoms. The Hall–Kier alpha value is -3.49. The first-order valence-corrected chi connectivity index (χ1v) is 12.8. The monoisotopic (exact) mass is 487 g/mol. The van der Waals surface area contributed by atoms with Crippen molar-refractivity contribution >= 4 is 28.1 Å². The van der Waals surface area contributed by atoms with Crippen LogP contribution < -0.4 is 10.2 Å². The maximum absolute atomic E-state index is 13.0. The van der Waals surface area contributed by atoms with Gasteiger partial charge in [-0.05, 0) is 67.3 Å². The van der Waals surface area contributed by atoms with Crippen molar-refractivity contribution in [2.24, 2.45) is 0 Å². The number of nitrogens with one attached hydrogen (secondary N) is 1. The first kappa shape index (κ1) is 23.3. The minimum atomic E-state index is -0.155. The predicted octanol–water partition coefficient (Wildman–Crippen LogP) is 5.52. The molecule has 0 spiro atoms. The highest BCUT2D eigenvalue weighted by atomic mass is 32.1. The van der Waals surface area contributed by atoms with Gasteiger partial charge in [0.1, 0.15) is 5.69 Å². The van der Waals surface area contributed by atoms with Crippen LogP contribution in [-0.2, 0) is 17.9 Å². The van der Waals surface area contributed by atoms with Gasteiger partial charge in [-0.15, -0.1) is 11.3 Å². The van der Waals surface area contributed by atoms with E-state index in [1.165, 1.54) is 22.6 Å². The van der Waals surface area contributed by atoms with Gasteiger partial charge in [0, 0.05) is 49.4 Å². The minimum absolute atomic E-state index is 0.155. The summed E-state index contributed by atoms with van der Waals surface area (Å²) < 4.78 is 7.45. The van der Waals surface area contributed by atoms with Crippen LogP contribution in [0.5, 0.6) is 0 Å². The Bertz CT molecular complexity index is 1250. The van der Waals surface area contributed by atoms with Gasteiger partial charge < -0.3 is 14.2 Å². The molecule has 3 aromatic heterocycles. The van der Waals surface area contributed by atoms with Gasteiger partial charge in [0.25, 0.3) is 5.91 Å². The third-order valence-electron chi connectivity index (χ3n) is 6.24. The average Bonchev–Trinajstić information content (AvgIpc) is 3.65. The summed E-state index contributed by atoms with van der Waals surface area (Å²) in [6, 6.07) is 16.4. The number of nitrogens with zero attached hydrogens (tertiary/aromatic N) is 4. The van der Waals surface area contributed by atoms with Gasteiger partial charge in [0.05, 0.1) is 18.3 Å². The summed E-state index contributed by atoms with van der Waals surface area (Å²) in [7, 11) is 0. The Balaban J connectivity index is 1.25. The first-order chi connectivity index (χ1) is 17.2. The molecule has 0 bridgehead atoms. The molecule has 1 aromatic carbocycles. The number of aromatic nitrogens is 3. The lowest BCUT2D eigenvalue weighted by molar-refractivity contribution is 0.101. The zero-order valence-corrected chi connectivity index (χ0v) is 20.6. The van der Waals surface area contributed by atoms with Crippen LogP contribution in [0, 0.1) is 0 Å². The number of amides is 1. The third-order valence-corrected chi connectivity index (χ3v) is 7.02. The van der Waals surface area contributed by atoms with Crippen molar-refractivity contribution in [1.29, 1.82) is 0 Å². The zero-order valence-electron chi connectivity index (χ0n) is 19.8. The molecule has 1 fully saturated rings. The first-order valence-electron chi connectivity index (χ1n) is 12.0. The summed E-state index contributed by atoms with van der Waals surface area (Å²) in [4.78, 5) is 24.3. The van der Waals surface area contributed by atoms with Crippen LogP contribution in [0.4, 0.5) is 10.8 Å². The van der Waals surface area contributed by atoms with Crippen LogP contribution in [0.1, 0.15) is 53.1 Å². The standard InChI is InChI=1S/C27H29N5O2S/c1-2-34-18-21-7-9-22(10-8-21)32-16-4-5-24(32)23-19-35-27(29-23)30-26(33)25-6-3-15-31(25)17-20-11-13-28-14-12-20/h3,6-15,19,24H,2,4-5,16-18H2,1H3,(H,29,30,33)/t24-/m1/s1. The smallest absolute Gasteiger partial charge is 0.274 e. The van der Waals surface area contributed by atoms with Crippen LogP contribution in [0.3, 0.4) is 0 Å². The maximum Gasteiger partial charge on any atom is 0.274 e. The molecule has 0 saturated carbocycles. The molecule has 1 atom stereocenters. The number of thiazole rings is 1. The topological polar surface area (TPSA) is 72.3 Å². The molecule has 1 aliphatic heterocycles. The van der Waals surface area contributed by atoms with Crippen LogP contribution in [0.15, 0.2) is 72.5 Å². The van der Waals surface area contributed by atoms with E-state index < -0.39 is 0 Å². The van der Waals surface area contributed by atoms with E-state index in [9.17, 15) is 4.79 Å². The van der Waals surface area contributed by atoms with E-state index in [1.807, 2.05) is 42.0 Å². The second-order valence-corrected chi connectivity index (χ2v) is 9.42. The second-order valence-electron chi connectivity index (χ2n) is 8.56. The van der Waals surface area contributed by atoms with E-state index >= 15 is 0 Å². The number of hydrogen-bond donors (Lipinski definition) is 1. The van der Waals surface area contributed by atoms with Crippen molar-refractivity contribution in [1.82, 2.24) is 14.5 Å². The quantitative estimate of drug-likeness (QED) is 0.337. The SMILES string of the molecule is CCOCc1ccc(N2CCC[C@@H]2c2csc(NC(=O)c3cccn3Cc3ccncc3)n2)cc1. The van der Waals surface area contributed by atoms with Crippen molar-refractivity contribution in [3.05, 3.63) is 95.0 Å². The van der Waals surface area contributed by atoms with E-state index in [1.54, 1.807) is 12.4 Å². The summed E-state index contributed by atoms with van der Waals surface area (Å²) >= 11 is 1.48. The van der Waals surface area contributed by atoms with Gasteiger partial charge in [-0.25, -0.2) is 4.98 Å². The van der Waals surface area contributed by atoms with Crippen molar-refractivity contribution < 1.29 is 9.53 Å².